The number of quaternary nitrogens is 1. The summed E-state index contributed by atoms with van der Waals surface area (Å²) in [5, 5.41) is 21.2. The Morgan fingerprint density at radius 3 is 1.98 bits per heavy atom. The maximum Gasteiger partial charge on any atom is 0.274 e. The van der Waals surface area contributed by atoms with Crippen molar-refractivity contribution in [3.63, 3.8) is 0 Å². The summed E-state index contributed by atoms with van der Waals surface area (Å²) in [5.41, 5.74) is 15.3. The van der Waals surface area contributed by atoms with Crippen LogP contribution in [0.5, 0.6) is 0 Å². The van der Waals surface area contributed by atoms with Gasteiger partial charge in [0.1, 0.15) is 0 Å². The van der Waals surface area contributed by atoms with Crippen LogP contribution in [-0.4, -0.2) is 52.6 Å². The molecule has 0 unspecified atom stereocenters. The van der Waals surface area contributed by atoms with Gasteiger partial charge in [0.25, 0.3) is 5.91 Å². The number of carbonyl (C=O) groups is 1. The van der Waals surface area contributed by atoms with Crippen LogP contribution in [0.2, 0.25) is 5.15 Å². The summed E-state index contributed by atoms with van der Waals surface area (Å²) in [5.74, 6) is -0.443. The van der Waals surface area contributed by atoms with E-state index >= 15 is 0 Å². The fraction of sp³-hybridized carbons (Fsp3) is 0.367. The number of nitrogen functional groups attached to an aromatic ring is 2. The van der Waals surface area contributed by atoms with Crippen LogP contribution in [-0.2, 0) is 12.8 Å². The quantitative estimate of drug-likeness (QED) is 0.297. The maximum absolute atomic E-state index is 13.1. The summed E-state index contributed by atoms with van der Waals surface area (Å²) >= 11 is 6.00. The molecule has 0 radical (unpaired) electrons. The number of benzene rings is 2. The molecule has 0 bridgehead atoms. The maximum atomic E-state index is 13.1. The molecule has 41 heavy (non-hydrogen) atoms. The zero-order valence-electron chi connectivity index (χ0n) is 22.8. The van der Waals surface area contributed by atoms with E-state index in [1.807, 2.05) is 48.5 Å². The zero-order chi connectivity index (χ0) is 28.5. The highest BCUT2D eigenvalue weighted by molar-refractivity contribution is 6.31. The van der Waals surface area contributed by atoms with Crippen molar-refractivity contribution in [1.29, 1.82) is 10.5 Å². The first-order valence-corrected chi connectivity index (χ1v) is 13.9. The predicted molar refractivity (Wildman–Crippen MR) is 155 cm³/mol. The molecule has 9 nitrogen and oxygen atoms in total. The van der Waals surface area contributed by atoms with E-state index in [1.54, 1.807) is 0 Å². The Bertz CT molecular complexity index is 1350. The van der Waals surface area contributed by atoms with Crippen molar-refractivity contribution in [2.24, 2.45) is 0 Å². The van der Waals surface area contributed by atoms with Crippen molar-refractivity contribution in [3.8, 4) is 12.1 Å². The number of amides is 1. The average Bonchev–Trinajstić information content (AvgIpc) is 2.96. The van der Waals surface area contributed by atoms with Gasteiger partial charge in [-0.15, -0.1) is 0 Å². The Kier molecular flexibility index (Phi) is 11.3. The van der Waals surface area contributed by atoms with E-state index in [1.165, 1.54) is 11.1 Å². The van der Waals surface area contributed by atoms with Crippen LogP contribution < -0.4 is 29.2 Å². The van der Waals surface area contributed by atoms with Crippen LogP contribution >= 0.6 is 11.6 Å². The van der Waals surface area contributed by atoms with Gasteiger partial charge in [-0.1, -0.05) is 35.9 Å². The molecule has 2 aromatic carbocycles. The van der Waals surface area contributed by atoms with E-state index in [2.05, 4.69) is 27.4 Å². The molecular formula is C30H34Cl2N8O. The van der Waals surface area contributed by atoms with Crippen molar-refractivity contribution < 1.29 is 21.7 Å². The van der Waals surface area contributed by atoms with Crippen LogP contribution in [0.3, 0.4) is 0 Å². The Morgan fingerprint density at radius 2 is 1.46 bits per heavy atom. The monoisotopic (exact) mass is 592 g/mol. The number of aromatic nitrogens is 2. The van der Waals surface area contributed by atoms with Crippen LogP contribution in [0.15, 0.2) is 48.5 Å². The molecule has 0 spiro atoms. The molecular weight excluding hydrogens is 559 g/mol. The van der Waals surface area contributed by atoms with Crippen molar-refractivity contribution >= 4 is 29.1 Å². The summed E-state index contributed by atoms with van der Waals surface area (Å²) in [6, 6.07) is 19.8. The first-order chi connectivity index (χ1) is 19.3. The van der Waals surface area contributed by atoms with Gasteiger partial charge in [0.05, 0.1) is 55.5 Å². The van der Waals surface area contributed by atoms with Gasteiger partial charge >= 0.3 is 0 Å². The minimum Gasteiger partial charge on any atom is -1.00 e. The first kappa shape index (κ1) is 31.6. The highest BCUT2D eigenvalue weighted by Gasteiger charge is 2.35. The normalized spacial score (nSPS) is 15.6. The number of likely N-dealkylation sites (tertiary alicyclic amines) is 1. The molecule has 2 heterocycles. The molecule has 11 heteroatoms. The SMILES string of the molecule is N#Cc1ccc(CCC[N+]2(CCCc3ccc(C#N)cc3)CCC[C@H](NC(=O)c3nc(Cl)c(N)nc3N)C2)cc1.[Cl-]. The molecule has 1 amide bonds. The van der Waals surface area contributed by atoms with Crippen molar-refractivity contribution in [1.82, 2.24) is 15.3 Å². The van der Waals surface area contributed by atoms with E-state index in [0.717, 1.165) is 69.2 Å². The second kappa shape index (κ2) is 14.7. The molecule has 3 aromatic rings. The lowest BCUT2D eigenvalue weighted by atomic mass is 9.98. The molecule has 1 aromatic heterocycles. The average molecular weight is 594 g/mol. The molecule has 0 aliphatic carbocycles. The van der Waals surface area contributed by atoms with Gasteiger partial charge in [0, 0.05) is 12.8 Å². The Hall–Kier alpha value is -3.89. The number of hydrogen-bond donors (Lipinski definition) is 3. The van der Waals surface area contributed by atoms with Crippen molar-refractivity contribution in [2.75, 3.05) is 37.6 Å². The lowest BCUT2D eigenvalue weighted by Gasteiger charge is -2.45. The number of anilines is 2. The molecule has 1 aliphatic heterocycles. The first-order valence-electron chi connectivity index (χ1n) is 13.5. The van der Waals surface area contributed by atoms with Gasteiger partial charge in [0.2, 0.25) is 0 Å². The van der Waals surface area contributed by atoms with Crippen LogP contribution in [0.25, 0.3) is 0 Å². The Labute approximate surface area is 252 Å². The number of rotatable bonds is 10. The summed E-state index contributed by atoms with van der Waals surface area (Å²) < 4.78 is 0.904. The molecule has 0 saturated carbocycles. The molecule has 4 rings (SSSR count). The number of carbonyl (C=O) groups excluding carboxylic acids is 1. The molecule has 5 N–H and O–H groups in total. The summed E-state index contributed by atoms with van der Waals surface area (Å²) in [6.07, 6.45) is 5.70. The Balaban J connectivity index is 0.00000462. The van der Waals surface area contributed by atoms with E-state index in [0.29, 0.717) is 11.1 Å². The fourth-order valence-electron chi connectivity index (χ4n) is 5.55. The van der Waals surface area contributed by atoms with E-state index in [4.69, 9.17) is 33.6 Å². The summed E-state index contributed by atoms with van der Waals surface area (Å²) in [4.78, 5) is 21.1. The molecule has 1 saturated heterocycles. The third kappa shape index (κ3) is 8.55. The number of nitrogens with one attached hydrogen (secondary N) is 1. The van der Waals surface area contributed by atoms with Gasteiger partial charge in [-0.05, 0) is 61.1 Å². The lowest BCUT2D eigenvalue weighted by Crippen LogP contribution is -3.00. The Morgan fingerprint density at radius 1 is 0.927 bits per heavy atom. The van der Waals surface area contributed by atoms with E-state index in [-0.39, 0.29) is 40.9 Å². The summed E-state index contributed by atoms with van der Waals surface area (Å²) in [6.45, 7) is 3.82. The topological polar surface area (TPSA) is 155 Å². The third-order valence-electron chi connectivity index (χ3n) is 7.61. The van der Waals surface area contributed by atoms with Crippen LogP contribution in [0.4, 0.5) is 11.6 Å². The highest BCUT2D eigenvalue weighted by Crippen LogP contribution is 2.24. The molecule has 1 aliphatic rings. The fourth-order valence-corrected chi connectivity index (χ4v) is 5.68. The minimum atomic E-state index is -0.396. The molecule has 214 valence electrons. The van der Waals surface area contributed by atoms with Gasteiger partial charge in [0.15, 0.2) is 22.5 Å². The smallest absolute Gasteiger partial charge is 0.274 e. The van der Waals surface area contributed by atoms with Crippen LogP contribution in [0.1, 0.15) is 58.4 Å². The second-order valence-corrected chi connectivity index (χ2v) is 10.8. The third-order valence-corrected chi connectivity index (χ3v) is 7.89. The highest BCUT2D eigenvalue weighted by atomic mass is 35.5. The second-order valence-electron chi connectivity index (χ2n) is 10.5. The number of nitrogens with two attached hydrogens (primary N) is 2. The summed E-state index contributed by atoms with van der Waals surface area (Å²) in [7, 11) is 0. The van der Waals surface area contributed by atoms with E-state index in [9.17, 15) is 4.79 Å². The molecule has 1 fully saturated rings. The van der Waals surface area contributed by atoms with Gasteiger partial charge in [-0.2, -0.15) is 10.5 Å². The van der Waals surface area contributed by atoms with Gasteiger partial charge in [-0.25, -0.2) is 9.97 Å². The number of nitriles is 2. The molecule has 1 atom stereocenters. The predicted octanol–water partition coefficient (Wildman–Crippen LogP) is 1.02. The lowest BCUT2D eigenvalue weighted by molar-refractivity contribution is -0.933. The standard InChI is InChI=1S/C30H33ClN8O.ClH/c31-27-29(35)38-28(34)26(37-27)30(40)36-25-6-3-17-39(20-25,15-1-4-21-7-11-23(18-32)12-8-21)16-2-5-22-9-13-24(19-33)14-10-22;/h7-14,25H,1-6,15-17,20H2,(H4-,34,35,36,38,40);1H/t25-;/m0./s1. The van der Waals surface area contributed by atoms with Crippen molar-refractivity contribution in [2.45, 2.75) is 44.6 Å². The number of halogens is 2. The van der Waals surface area contributed by atoms with E-state index < -0.39 is 5.91 Å². The van der Waals surface area contributed by atoms with Crippen molar-refractivity contribution in [3.05, 3.63) is 81.6 Å². The largest absolute Gasteiger partial charge is 1.00 e. The number of aryl methyl sites for hydroxylation is 2. The van der Waals surface area contributed by atoms with Crippen LogP contribution in [0, 0.1) is 22.7 Å². The zero-order valence-corrected chi connectivity index (χ0v) is 24.3. The number of piperidine rings is 1. The van der Waals surface area contributed by atoms with Gasteiger partial charge in [-0.3, -0.25) is 4.79 Å². The minimum absolute atomic E-state index is 0. The van der Waals surface area contributed by atoms with Gasteiger partial charge < -0.3 is 33.7 Å². The number of hydrogen-bond acceptors (Lipinski definition) is 7. The number of nitrogens with zero attached hydrogens (tertiary/aromatic N) is 5.